The highest BCUT2D eigenvalue weighted by Crippen LogP contribution is 2.25. The van der Waals surface area contributed by atoms with Gasteiger partial charge in [0, 0.05) is 13.2 Å². The van der Waals surface area contributed by atoms with Crippen molar-refractivity contribution in [2.24, 2.45) is 0 Å². The fourth-order valence-corrected chi connectivity index (χ4v) is 1.99. The van der Waals surface area contributed by atoms with Gasteiger partial charge in [0.25, 0.3) is 0 Å². The Hall–Kier alpha value is -0.620. The van der Waals surface area contributed by atoms with E-state index in [0.29, 0.717) is 24.8 Å². The van der Waals surface area contributed by atoms with Crippen LogP contribution in [0.1, 0.15) is 31.6 Å². The molecule has 1 N–H and O–H groups in total. The number of nitrogens with zero attached hydrogens (tertiary/aromatic N) is 2. The van der Waals surface area contributed by atoms with Crippen LogP contribution in [0.5, 0.6) is 0 Å². The van der Waals surface area contributed by atoms with Crippen LogP contribution in [0.2, 0.25) is 5.02 Å². The van der Waals surface area contributed by atoms with E-state index in [-0.39, 0.29) is 12.1 Å². The van der Waals surface area contributed by atoms with Gasteiger partial charge in [-0.1, -0.05) is 11.6 Å². The van der Waals surface area contributed by atoms with Crippen LogP contribution in [0.25, 0.3) is 0 Å². The second-order valence-electron chi connectivity index (χ2n) is 4.33. The lowest BCUT2D eigenvalue weighted by Crippen LogP contribution is -2.26. The van der Waals surface area contributed by atoms with Gasteiger partial charge in [-0.05, 0) is 20.9 Å². The van der Waals surface area contributed by atoms with Crippen molar-refractivity contribution < 1.29 is 9.47 Å². The van der Waals surface area contributed by atoms with E-state index in [1.807, 2.05) is 11.7 Å². The quantitative estimate of drug-likeness (QED) is 0.738. The number of methoxy groups -OCH3 is 1. The summed E-state index contributed by atoms with van der Waals surface area (Å²) >= 11 is 6.20. The van der Waals surface area contributed by atoms with Gasteiger partial charge in [0.1, 0.15) is 0 Å². The molecule has 1 aromatic rings. The van der Waals surface area contributed by atoms with Gasteiger partial charge in [-0.3, -0.25) is 4.68 Å². The first-order valence-corrected chi connectivity index (χ1v) is 6.46. The Kier molecular flexibility index (Phi) is 6.63. The SMILES string of the molecule is CNC(COCCOC)c1c(Cl)cnn1C(C)C. The molecule has 104 valence electrons. The molecule has 0 aliphatic rings. The fourth-order valence-electron chi connectivity index (χ4n) is 1.73. The van der Waals surface area contributed by atoms with Gasteiger partial charge in [0.15, 0.2) is 0 Å². The number of hydrogen-bond acceptors (Lipinski definition) is 4. The van der Waals surface area contributed by atoms with Gasteiger partial charge in [0.2, 0.25) is 0 Å². The third kappa shape index (κ3) is 3.95. The molecule has 5 nitrogen and oxygen atoms in total. The summed E-state index contributed by atoms with van der Waals surface area (Å²) in [6.45, 7) is 5.85. The second-order valence-corrected chi connectivity index (χ2v) is 4.73. The summed E-state index contributed by atoms with van der Waals surface area (Å²) in [4.78, 5) is 0. The lowest BCUT2D eigenvalue weighted by Gasteiger charge is -2.20. The minimum Gasteiger partial charge on any atom is -0.382 e. The molecule has 1 unspecified atom stereocenters. The molecule has 0 saturated carbocycles. The average Bonchev–Trinajstić information content (AvgIpc) is 2.72. The summed E-state index contributed by atoms with van der Waals surface area (Å²) < 4.78 is 12.4. The number of nitrogens with one attached hydrogen (secondary N) is 1. The molecule has 1 rings (SSSR count). The van der Waals surface area contributed by atoms with Gasteiger partial charge >= 0.3 is 0 Å². The van der Waals surface area contributed by atoms with Crippen LogP contribution in [-0.4, -0.2) is 43.8 Å². The molecular weight excluding hydrogens is 254 g/mol. The minimum atomic E-state index is 0.0271. The maximum Gasteiger partial charge on any atom is 0.0835 e. The van der Waals surface area contributed by atoms with Crippen molar-refractivity contribution in [1.29, 1.82) is 0 Å². The van der Waals surface area contributed by atoms with Crippen LogP contribution in [0.15, 0.2) is 6.20 Å². The first kappa shape index (κ1) is 15.4. The standard InChI is InChI=1S/C12H22ClN3O2/c1-9(2)16-12(10(13)7-15-16)11(14-3)8-18-6-5-17-4/h7,9,11,14H,5-6,8H2,1-4H3. The smallest absolute Gasteiger partial charge is 0.0835 e. The molecule has 0 aliphatic carbocycles. The van der Waals surface area contributed by atoms with Crippen molar-refractivity contribution >= 4 is 11.6 Å². The van der Waals surface area contributed by atoms with Gasteiger partial charge in [-0.25, -0.2) is 0 Å². The molecule has 0 amide bonds. The van der Waals surface area contributed by atoms with Crippen LogP contribution < -0.4 is 5.32 Å². The number of aromatic nitrogens is 2. The highest BCUT2D eigenvalue weighted by atomic mass is 35.5. The van der Waals surface area contributed by atoms with Crippen LogP contribution in [0, 0.1) is 0 Å². The van der Waals surface area contributed by atoms with Gasteiger partial charge in [-0.2, -0.15) is 5.10 Å². The van der Waals surface area contributed by atoms with Crippen LogP contribution in [-0.2, 0) is 9.47 Å². The zero-order chi connectivity index (χ0) is 13.5. The summed E-state index contributed by atoms with van der Waals surface area (Å²) in [5.41, 5.74) is 0.964. The molecule has 0 saturated heterocycles. The van der Waals surface area contributed by atoms with E-state index in [2.05, 4.69) is 24.3 Å². The Balaban J connectivity index is 2.72. The van der Waals surface area contributed by atoms with Crippen LogP contribution >= 0.6 is 11.6 Å². The van der Waals surface area contributed by atoms with Crippen molar-refractivity contribution in [1.82, 2.24) is 15.1 Å². The topological polar surface area (TPSA) is 48.3 Å². The summed E-state index contributed by atoms with van der Waals surface area (Å²) in [6, 6.07) is 0.293. The molecule has 1 aromatic heterocycles. The Morgan fingerprint density at radius 2 is 2.17 bits per heavy atom. The largest absolute Gasteiger partial charge is 0.382 e. The highest BCUT2D eigenvalue weighted by molar-refractivity contribution is 6.31. The number of ether oxygens (including phenoxy) is 2. The van der Waals surface area contributed by atoms with Crippen molar-refractivity contribution in [3.8, 4) is 0 Å². The Morgan fingerprint density at radius 1 is 1.44 bits per heavy atom. The number of hydrogen-bond donors (Lipinski definition) is 1. The lowest BCUT2D eigenvalue weighted by molar-refractivity contribution is 0.0583. The highest BCUT2D eigenvalue weighted by Gasteiger charge is 2.20. The second kappa shape index (κ2) is 7.74. The van der Waals surface area contributed by atoms with E-state index in [0.717, 1.165) is 5.69 Å². The van der Waals surface area contributed by atoms with Gasteiger partial charge in [-0.15, -0.1) is 0 Å². The Morgan fingerprint density at radius 3 is 2.72 bits per heavy atom. The molecular formula is C12H22ClN3O2. The zero-order valence-electron chi connectivity index (χ0n) is 11.4. The molecule has 0 bridgehead atoms. The van der Waals surface area contributed by atoms with Crippen molar-refractivity contribution in [3.63, 3.8) is 0 Å². The van der Waals surface area contributed by atoms with Crippen molar-refractivity contribution in [2.45, 2.75) is 25.9 Å². The molecule has 1 heterocycles. The molecule has 6 heteroatoms. The van der Waals surface area contributed by atoms with E-state index in [4.69, 9.17) is 21.1 Å². The fraction of sp³-hybridized carbons (Fsp3) is 0.750. The molecule has 0 radical (unpaired) electrons. The normalized spacial score (nSPS) is 13.2. The molecule has 0 fully saturated rings. The average molecular weight is 276 g/mol. The summed E-state index contributed by atoms with van der Waals surface area (Å²) in [6.07, 6.45) is 1.68. The lowest BCUT2D eigenvalue weighted by atomic mass is 10.2. The van der Waals surface area contributed by atoms with Crippen molar-refractivity contribution in [3.05, 3.63) is 16.9 Å². The summed E-state index contributed by atoms with van der Waals surface area (Å²) in [7, 11) is 3.54. The summed E-state index contributed by atoms with van der Waals surface area (Å²) in [5, 5.41) is 8.16. The van der Waals surface area contributed by atoms with E-state index in [1.54, 1.807) is 13.3 Å². The zero-order valence-corrected chi connectivity index (χ0v) is 12.2. The predicted octanol–water partition coefficient (Wildman–Crippen LogP) is 2.04. The van der Waals surface area contributed by atoms with E-state index >= 15 is 0 Å². The maximum absolute atomic E-state index is 6.20. The number of halogens is 1. The van der Waals surface area contributed by atoms with Gasteiger partial charge in [0.05, 0.1) is 42.8 Å². The van der Waals surface area contributed by atoms with Crippen LogP contribution in [0.4, 0.5) is 0 Å². The number of likely N-dealkylation sites (N-methyl/N-ethyl adjacent to an activating group) is 1. The van der Waals surface area contributed by atoms with E-state index in [1.165, 1.54) is 0 Å². The van der Waals surface area contributed by atoms with E-state index in [9.17, 15) is 0 Å². The van der Waals surface area contributed by atoms with E-state index < -0.39 is 0 Å². The van der Waals surface area contributed by atoms with Crippen LogP contribution in [0.3, 0.4) is 0 Å². The molecule has 1 atom stereocenters. The number of rotatable bonds is 8. The maximum atomic E-state index is 6.20. The molecule has 18 heavy (non-hydrogen) atoms. The molecule has 0 aromatic carbocycles. The molecule has 0 aliphatic heterocycles. The first-order chi connectivity index (χ1) is 8.61. The third-order valence-electron chi connectivity index (χ3n) is 2.67. The monoisotopic (exact) mass is 275 g/mol. The predicted molar refractivity (Wildman–Crippen MR) is 72.1 cm³/mol. The minimum absolute atomic E-state index is 0.0271. The van der Waals surface area contributed by atoms with Crippen molar-refractivity contribution in [2.75, 3.05) is 34.0 Å². The Bertz CT molecular complexity index is 355. The third-order valence-corrected chi connectivity index (χ3v) is 2.96. The van der Waals surface area contributed by atoms with Gasteiger partial charge < -0.3 is 14.8 Å². The first-order valence-electron chi connectivity index (χ1n) is 6.08. The summed E-state index contributed by atoms with van der Waals surface area (Å²) in [5.74, 6) is 0. The molecule has 0 spiro atoms. The Labute approximate surface area is 113 Å².